The fourth-order valence-corrected chi connectivity index (χ4v) is 0.468. The van der Waals surface area contributed by atoms with Gasteiger partial charge in [-0.1, -0.05) is 0 Å². The van der Waals surface area contributed by atoms with E-state index >= 15 is 0 Å². The molecule has 8 heavy (non-hydrogen) atoms. The molecule has 0 aliphatic rings. The largest absolute Gasteiger partial charge is 0.618 e. The maximum atomic E-state index is 10.5. The zero-order valence-electron chi connectivity index (χ0n) is 4.59. The Balaban J connectivity index is 3.13. The van der Waals surface area contributed by atoms with Gasteiger partial charge in [0.15, 0.2) is 5.69 Å². The monoisotopic (exact) mass is 108 g/mol. The van der Waals surface area contributed by atoms with Crippen molar-refractivity contribution in [3.63, 3.8) is 0 Å². The first-order chi connectivity index (χ1) is 3.80. The first-order valence-electron chi connectivity index (χ1n) is 2.37. The molecule has 41 valence electrons. The lowest BCUT2D eigenvalue weighted by Gasteiger charge is -1.93. The zero-order valence-corrected chi connectivity index (χ0v) is 4.59. The van der Waals surface area contributed by atoms with Crippen molar-refractivity contribution < 1.29 is 4.73 Å². The first kappa shape index (κ1) is 5.09. The van der Waals surface area contributed by atoms with E-state index < -0.39 is 0 Å². The quantitative estimate of drug-likeness (QED) is 0.349. The minimum Gasteiger partial charge on any atom is -0.618 e. The third-order valence-electron chi connectivity index (χ3n) is 0.946. The maximum Gasteiger partial charge on any atom is 0.290 e. The molecule has 0 aliphatic heterocycles. The van der Waals surface area contributed by atoms with E-state index in [0.717, 1.165) is 0 Å². The van der Waals surface area contributed by atoms with Crippen LogP contribution in [-0.2, 0) is 0 Å². The van der Waals surface area contributed by atoms with Gasteiger partial charge in [0.2, 0.25) is 0 Å². The molecule has 1 heterocycles. The molecule has 0 spiro atoms. The predicted octanol–water partition coefficient (Wildman–Crippen LogP) is 0.429. The van der Waals surface area contributed by atoms with Gasteiger partial charge in [0.05, 0.1) is 0 Å². The molecule has 0 fully saturated rings. The summed E-state index contributed by atoms with van der Waals surface area (Å²) in [5.74, 6) is 0. The highest BCUT2D eigenvalue weighted by Crippen LogP contribution is 1.83. The molecule has 0 atom stereocenters. The average molecular weight is 108 g/mol. The molecule has 0 aromatic carbocycles. The van der Waals surface area contributed by atoms with Crippen LogP contribution in [0.2, 0.25) is 0 Å². The Labute approximate surface area is 48.0 Å². The molecule has 0 N–H and O–H groups in total. The zero-order chi connectivity index (χ0) is 5.98. The fourth-order valence-electron chi connectivity index (χ4n) is 0.468. The van der Waals surface area contributed by atoms with Crippen molar-refractivity contribution in [1.82, 2.24) is 0 Å². The van der Waals surface area contributed by atoms with Crippen LogP contribution < -0.4 is 4.73 Å². The van der Waals surface area contributed by atoms with Crippen LogP contribution in [0.25, 0.3) is 0 Å². The van der Waals surface area contributed by atoms with Crippen molar-refractivity contribution in [3.05, 3.63) is 35.3 Å². The summed E-state index contributed by atoms with van der Waals surface area (Å²) in [6, 6.07) is 5.10. The van der Waals surface area contributed by atoms with Gasteiger partial charge in [-0.25, -0.2) is 0 Å². The van der Waals surface area contributed by atoms with Crippen molar-refractivity contribution in [3.8, 4) is 0 Å². The molecular formula is C6H6NO. The summed E-state index contributed by atoms with van der Waals surface area (Å²) >= 11 is 0. The molecule has 1 aromatic heterocycles. The Bertz CT molecular complexity index is 165. The Morgan fingerprint density at radius 3 is 2.88 bits per heavy atom. The summed E-state index contributed by atoms with van der Waals surface area (Å²) in [5.41, 5.74) is 0.674. The number of pyridine rings is 1. The van der Waals surface area contributed by atoms with Crippen molar-refractivity contribution in [1.29, 1.82) is 0 Å². The topological polar surface area (TPSA) is 26.9 Å². The molecule has 0 unspecified atom stereocenters. The van der Waals surface area contributed by atoms with Crippen LogP contribution in [0.15, 0.2) is 18.2 Å². The smallest absolute Gasteiger partial charge is 0.290 e. The minimum atomic E-state index is 0.674. The number of aromatic nitrogens is 1. The van der Waals surface area contributed by atoms with Gasteiger partial charge >= 0.3 is 0 Å². The molecule has 0 amide bonds. The summed E-state index contributed by atoms with van der Waals surface area (Å²) in [6.45, 7) is 1.74. The number of hydrogen-bond donors (Lipinski definition) is 0. The van der Waals surface area contributed by atoms with Crippen LogP contribution in [-0.4, -0.2) is 0 Å². The molecule has 2 heteroatoms. The molecule has 0 aliphatic carbocycles. The lowest BCUT2D eigenvalue weighted by molar-refractivity contribution is -0.616. The third kappa shape index (κ3) is 0.780. The third-order valence-corrected chi connectivity index (χ3v) is 0.946. The number of nitrogens with zero attached hydrogens (tertiary/aromatic N) is 1. The maximum absolute atomic E-state index is 10.5. The summed E-state index contributed by atoms with van der Waals surface area (Å²) in [6.07, 6.45) is 2.46. The van der Waals surface area contributed by atoms with Crippen molar-refractivity contribution in [2.75, 3.05) is 0 Å². The number of rotatable bonds is 0. The van der Waals surface area contributed by atoms with Gasteiger partial charge in [-0.15, -0.1) is 0 Å². The Kier molecular flexibility index (Phi) is 1.16. The minimum absolute atomic E-state index is 0.674. The highest BCUT2D eigenvalue weighted by Gasteiger charge is 1.91. The van der Waals surface area contributed by atoms with Gasteiger partial charge in [0, 0.05) is 19.1 Å². The molecule has 2 nitrogen and oxygen atoms in total. The predicted molar refractivity (Wildman–Crippen MR) is 29.0 cm³/mol. The van der Waals surface area contributed by atoms with E-state index in [9.17, 15) is 5.21 Å². The van der Waals surface area contributed by atoms with Gasteiger partial charge in [-0.3, -0.25) is 0 Å². The number of hydrogen-bond acceptors (Lipinski definition) is 1. The summed E-state index contributed by atoms with van der Waals surface area (Å²) in [4.78, 5) is 0. The van der Waals surface area contributed by atoms with Crippen molar-refractivity contribution in [2.24, 2.45) is 0 Å². The molecule has 0 bridgehead atoms. The highest BCUT2D eigenvalue weighted by molar-refractivity contribution is 4.93. The van der Waals surface area contributed by atoms with Gasteiger partial charge < -0.3 is 5.21 Å². The van der Waals surface area contributed by atoms with E-state index in [2.05, 4.69) is 6.20 Å². The van der Waals surface area contributed by atoms with E-state index in [-0.39, 0.29) is 0 Å². The Morgan fingerprint density at radius 2 is 2.50 bits per heavy atom. The van der Waals surface area contributed by atoms with E-state index in [4.69, 9.17) is 0 Å². The van der Waals surface area contributed by atoms with E-state index in [1.54, 1.807) is 25.1 Å². The Morgan fingerprint density at radius 1 is 1.75 bits per heavy atom. The Hall–Kier alpha value is -1.05. The van der Waals surface area contributed by atoms with Gasteiger partial charge in [0.1, 0.15) is 0 Å². The summed E-state index contributed by atoms with van der Waals surface area (Å²) < 4.78 is 0.708. The second-order valence-electron chi connectivity index (χ2n) is 1.59. The van der Waals surface area contributed by atoms with Gasteiger partial charge in [0.25, 0.3) is 6.20 Å². The first-order valence-corrected chi connectivity index (χ1v) is 2.37. The van der Waals surface area contributed by atoms with Crippen molar-refractivity contribution >= 4 is 0 Å². The highest BCUT2D eigenvalue weighted by atomic mass is 16.5. The van der Waals surface area contributed by atoms with Crippen molar-refractivity contribution in [2.45, 2.75) is 6.92 Å². The van der Waals surface area contributed by atoms with Crippen LogP contribution in [0.4, 0.5) is 0 Å². The summed E-state index contributed by atoms with van der Waals surface area (Å²) in [5, 5.41) is 10.5. The standard InChI is InChI=1S/C6H6NO/c1-6-4-2-3-5-7(6)8/h2-4H,1H3. The van der Waals surface area contributed by atoms with Crippen LogP contribution >= 0.6 is 0 Å². The van der Waals surface area contributed by atoms with Crippen LogP contribution in [0.5, 0.6) is 0 Å². The molecule has 1 rings (SSSR count). The second kappa shape index (κ2) is 1.82. The number of aryl methyl sites for hydroxylation is 1. The van der Waals surface area contributed by atoms with E-state index in [1.807, 2.05) is 0 Å². The van der Waals surface area contributed by atoms with Crippen LogP contribution in [0, 0.1) is 18.3 Å². The molecule has 1 aromatic rings. The lowest BCUT2D eigenvalue weighted by atomic mass is 10.4. The van der Waals surface area contributed by atoms with Gasteiger partial charge in [-0.05, 0) is 6.07 Å². The van der Waals surface area contributed by atoms with Crippen LogP contribution in [0.1, 0.15) is 5.69 Å². The van der Waals surface area contributed by atoms with Crippen LogP contribution in [0.3, 0.4) is 0 Å². The molecular weight excluding hydrogens is 102 g/mol. The average Bonchev–Trinajstić information content (AvgIpc) is 1.77. The lowest BCUT2D eigenvalue weighted by Crippen LogP contribution is -2.28. The summed E-state index contributed by atoms with van der Waals surface area (Å²) in [7, 11) is 0. The van der Waals surface area contributed by atoms with E-state index in [0.29, 0.717) is 10.4 Å². The van der Waals surface area contributed by atoms with E-state index in [1.165, 1.54) is 0 Å². The molecule has 1 radical (unpaired) electrons. The molecule has 0 saturated heterocycles. The second-order valence-corrected chi connectivity index (χ2v) is 1.59. The normalized spacial score (nSPS) is 9.12. The van der Waals surface area contributed by atoms with Gasteiger partial charge in [-0.2, -0.15) is 4.73 Å². The SMILES string of the molecule is Cc1ccc[c][n+]1[O-]. The fraction of sp³-hybridized carbons (Fsp3) is 0.167. The molecule has 0 saturated carbocycles.